The molecule has 0 aliphatic heterocycles. The van der Waals surface area contributed by atoms with Crippen molar-refractivity contribution >= 4 is 29.1 Å². The minimum atomic E-state index is -0.546. The van der Waals surface area contributed by atoms with Crippen molar-refractivity contribution in [2.75, 3.05) is 19.0 Å². The van der Waals surface area contributed by atoms with E-state index in [-0.39, 0.29) is 28.7 Å². The summed E-state index contributed by atoms with van der Waals surface area (Å²) in [5.74, 6) is -0.826. The molecule has 0 aromatic heterocycles. The Balaban J connectivity index is 1.42. The molecule has 5 nitrogen and oxygen atoms in total. The molecule has 2 amide bonds. The molecule has 3 rings (SSSR count). The summed E-state index contributed by atoms with van der Waals surface area (Å²) < 4.78 is 18.3. The first kappa shape index (κ1) is 19.2. The van der Waals surface area contributed by atoms with E-state index in [1.54, 1.807) is 7.11 Å². The lowest BCUT2D eigenvalue weighted by atomic mass is 10.1. The van der Waals surface area contributed by atoms with Gasteiger partial charge in [-0.3, -0.25) is 9.59 Å². The molecule has 2 unspecified atom stereocenters. The predicted molar refractivity (Wildman–Crippen MR) is 101 cm³/mol. The number of rotatable bonds is 7. The van der Waals surface area contributed by atoms with E-state index < -0.39 is 5.82 Å². The van der Waals surface area contributed by atoms with E-state index in [1.807, 2.05) is 24.3 Å². The summed E-state index contributed by atoms with van der Waals surface area (Å²) in [6.45, 7) is 0.504. The van der Waals surface area contributed by atoms with Gasteiger partial charge in [-0.2, -0.15) is 0 Å². The zero-order valence-electron chi connectivity index (χ0n) is 14.8. The molecule has 27 heavy (non-hydrogen) atoms. The molecule has 0 radical (unpaired) electrons. The van der Waals surface area contributed by atoms with E-state index in [0.717, 1.165) is 11.3 Å². The lowest BCUT2D eigenvalue weighted by Crippen LogP contribution is -2.29. The molecule has 2 aromatic rings. The van der Waals surface area contributed by atoms with Crippen molar-refractivity contribution in [2.24, 2.45) is 11.8 Å². The molecule has 142 valence electrons. The summed E-state index contributed by atoms with van der Waals surface area (Å²) in [6, 6.07) is 11.6. The van der Waals surface area contributed by atoms with Gasteiger partial charge in [0.25, 0.3) is 0 Å². The van der Waals surface area contributed by atoms with Crippen molar-refractivity contribution in [1.82, 2.24) is 5.32 Å². The van der Waals surface area contributed by atoms with Gasteiger partial charge in [-0.1, -0.05) is 23.7 Å². The lowest BCUT2D eigenvalue weighted by molar-refractivity contribution is -0.125. The molecular weight excluding hydrogens is 371 g/mol. The second kappa shape index (κ2) is 8.39. The first-order valence-electron chi connectivity index (χ1n) is 8.64. The third-order valence-corrected chi connectivity index (χ3v) is 4.81. The highest BCUT2D eigenvalue weighted by molar-refractivity contribution is 6.31. The van der Waals surface area contributed by atoms with Gasteiger partial charge in [-0.05, 0) is 48.7 Å². The number of nitrogens with one attached hydrogen (secondary N) is 2. The highest BCUT2D eigenvalue weighted by atomic mass is 35.5. The molecule has 1 aliphatic carbocycles. The third-order valence-electron chi connectivity index (χ3n) is 4.52. The van der Waals surface area contributed by atoms with Crippen LogP contribution in [0.1, 0.15) is 12.0 Å². The minimum Gasteiger partial charge on any atom is -0.497 e. The first-order chi connectivity index (χ1) is 13.0. The van der Waals surface area contributed by atoms with Crippen LogP contribution in [0.2, 0.25) is 5.02 Å². The van der Waals surface area contributed by atoms with Gasteiger partial charge in [0.05, 0.1) is 24.0 Å². The number of carbonyl (C=O) groups excluding carboxylic acids is 2. The van der Waals surface area contributed by atoms with E-state index in [9.17, 15) is 14.0 Å². The molecule has 1 aliphatic rings. The van der Waals surface area contributed by atoms with Crippen LogP contribution >= 0.6 is 11.6 Å². The van der Waals surface area contributed by atoms with Crippen molar-refractivity contribution in [1.29, 1.82) is 0 Å². The predicted octanol–water partition coefficient (Wildman–Crippen LogP) is 3.42. The Bertz CT molecular complexity index is 842. The van der Waals surface area contributed by atoms with Crippen LogP contribution in [0.15, 0.2) is 42.5 Å². The van der Waals surface area contributed by atoms with Gasteiger partial charge in [-0.25, -0.2) is 4.39 Å². The van der Waals surface area contributed by atoms with Crippen molar-refractivity contribution in [3.8, 4) is 5.75 Å². The highest BCUT2D eigenvalue weighted by Gasteiger charge is 2.47. The second-order valence-electron chi connectivity index (χ2n) is 6.46. The van der Waals surface area contributed by atoms with Gasteiger partial charge in [-0.15, -0.1) is 0 Å². The lowest BCUT2D eigenvalue weighted by Gasteiger charge is -2.07. The van der Waals surface area contributed by atoms with E-state index in [4.69, 9.17) is 16.3 Å². The van der Waals surface area contributed by atoms with Crippen LogP contribution < -0.4 is 15.4 Å². The zero-order chi connectivity index (χ0) is 19.4. The summed E-state index contributed by atoms with van der Waals surface area (Å²) >= 11 is 5.70. The number of hydrogen-bond acceptors (Lipinski definition) is 3. The SMILES string of the molecule is COc1ccc(CCNC(=O)C2CC2C(=O)Nc2ccc(F)c(Cl)c2)cc1. The van der Waals surface area contributed by atoms with Crippen molar-refractivity contribution in [2.45, 2.75) is 12.8 Å². The number of ether oxygens (including phenoxy) is 1. The molecule has 0 saturated heterocycles. The summed E-state index contributed by atoms with van der Waals surface area (Å²) in [4.78, 5) is 24.4. The van der Waals surface area contributed by atoms with Crippen molar-refractivity contribution in [3.63, 3.8) is 0 Å². The maximum Gasteiger partial charge on any atom is 0.228 e. The zero-order valence-corrected chi connectivity index (χ0v) is 15.6. The average Bonchev–Trinajstić information content (AvgIpc) is 3.46. The van der Waals surface area contributed by atoms with Crippen LogP contribution in [0.25, 0.3) is 0 Å². The Kier molecular flexibility index (Phi) is 5.96. The van der Waals surface area contributed by atoms with Crippen LogP contribution in [0.4, 0.5) is 10.1 Å². The van der Waals surface area contributed by atoms with Gasteiger partial charge >= 0.3 is 0 Å². The fraction of sp³-hybridized carbons (Fsp3) is 0.300. The average molecular weight is 391 g/mol. The topological polar surface area (TPSA) is 67.4 Å². The van der Waals surface area contributed by atoms with Gasteiger partial charge in [0.1, 0.15) is 11.6 Å². The number of anilines is 1. The van der Waals surface area contributed by atoms with Gasteiger partial charge < -0.3 is 15.4 Å². The number of amides is 2. The van der Waals surface area contributed by atoms with Crippen LogP contribution in [0.5, 0.6) is 5.75 Å². The second-order valence-corrected chi connectivity index (χ2v) is 6.86. The molecule has 2 aromatic carbocycles. The third kappa shape index (κ3) is 4.98. The molecule has 2 N–H and O–H groups in total. The fourth-order valence-electron chi connectivity index (χ4n) is 2.84. The summed E-state index contributed by atoms with van der Waals surface area (Å²) in [5, 5.41) is 5.47. The van der Waals surface area contributed by atoms with Gasteiger partial charge in [0.2, 0.25) is 11.8 Å². The number of carbonyl (C=O) groups is 2. The Labute approximate surface area is 161 Å². The standard InChI is InChI=1S/C20H20ClFN2O3/c1-27-14-5-2-12(3-6-14)8-9-23-19(25)15-11-16(15)20(26)24-13-4-7-18(22)17(21)10-13/h2-7,10,15-16H,8-9,11H2,1H3,(H,23,25)(H,24,26). The van der Waals surface area contributed by atoms with Gasteiger partial charge in [0, 0.05) is 12.2 Å². The maximum atomic E-state index is 13.2. The molecule has 0 heterocycles. The number of benzene rings is 2. The van der Waals surface area contributed by atoms with E-state index in [0.29, 0.717) is 25.1 Å². The largest absolute Gasteiger partial charge is 0.497 e. The molecular formula is C20H20ClFN2O3. The summed E-state index contributed by atoms with van der Waals surface area (Å²) in [5.41, 5.74) is 1.51. The molecule has 7 heteroatoms. The Morgan fingerprint density at radius 1 is 1.15 bits per heavy atom. The van der Waals surface area contributed by atoms with Crippen LogP contribution in [-0.4, -0.2) is 25.5 Å². The molecule has 1 fully saturated rings. The van der Waals surface area contributed by atoms with E-state index >= 15 is 0 Å². The van der Waals surface area contributed by atoms with Gasteiger partial charge in [0.15, 0.2) is 0 Å². The van der Waals surface area contributed by atoms with Crippen molar-refractivity contribution < 1.29 is 18.7 Å². The van der Waals surface area contributed by atoms with Crippen LogP contribution in [0, 0.1) is 17.7 Å². The molecule has 1 saturated carbocycles. The Morgan fingerprint density at radius 2 is 1.85 bits per heavy atom. The summed E-state index contributed by atoms with van der Waals surface area (Å²) in [7, 11) is 1.61. The minimum absolute atomic E-state index is 0.0589. The molecule has 2 atom stereocenters. The highest BCUT2D eigenvalue weighted by Crippen LogP contribution is 2.39. The molecule has 0 bridgehead atoms. The summed E-state index contributed by atoms with van der Waals surface area (Å²) in [6.07, 6.45) is 1.21. The number of methoxy groups -OCH3 is 1. The quantitative estimate of drug-likeness (QED) is 0.761. The van der Waals surface area contributed by atoms with Crippen molar-refractivity contribution in [3.05, 3.63) is 58.9 Å². The Morgan fingerprint density at radius 3 is 2.52 bits per heavy atom. The maximum absolute atomic E-state index is 13.2. The normalized spacial score (nSPS) is 17.9. The fourth-order valence-corrected chi connectivity index (χ4v) is 3.02. The number of halogens is 2. The smallest absolute Gasteiger partial charge is 0.228 e. The van der Waals surface area contributed by atoms with E-state index in [2.05, 4.69) is 10.6 Å². The van der Waals surface area contributed by atoms with Crippen LogP contribution in [0.3, 0.4) is 0 Å². The Hall–Kier alpha value is -2.60. The molecule has 0 spiro atoms. The first-order valence-corrected chi connectivity index (χ1v) is 9.02. The number of hydrogen-bond donors (Lipinski definition) is 2. The monoisotopic (exact) mass is 390 g/mol. The van der Waals surface area contributed by atoms with Crippen LogP contribution in [-0.2, 0) is 16.0 Å². The van der Waals surface area contributed by atoms with E-state index in [1.165, 1.54) is 18.2 Å².